The number of aliphatic imine (C=N–C) groups is 1. The Morgan fingerprint density at radius 2 is 1.95 bits per heavy atom. The fourth-order valence-electron chi connectivity index (χ4n) is 1.75. The number of ether oxygens (including phenoxy) is 1. The van der Waals surface area contributed by atoms with Crippen molar-refractivity contribution in [3.05, 3.63) is 60.4 Å². The van der Waals surface area contributed by atoms with Gasteiger partial charge in [0, 0.05) is 11.8 Å². The van der Waals surface area contributed by atoms with Gasteiger partial charge in [0.05, 0.1) is 6.54 Å². The highest BCUT2D eigenvalue weighted by molar-refractivity contribution is 14.0. The SMILES string of the molecule is CC(CN=C(N)Nc1ccccc1)Oc1cccc(F)c1.I. The highest BCUT2D eigenvalue weighted by Crippen LogP contribution is 2.13. The number of anilines is 1. The molecule has 6 heteroatoms. The topological polar surface area (TPSA) is 59.6 Å². The Hall–Kier alpha value is -1.83. The van der Waals surface area contributed by atoms with Gasteiger partial charge in [-0.05, 0) is 31.2 Å². The van der Waals surface area contributed by atoms with Crippen molar-refractivity contribution in [3.8, 4) is 5.75 Å². The van der Waals surface area contributed by atoms with Crippen molar-refractivity contribution in [3.63, 3.8) is 0 Å². The maximum atomic E-state index is 13.0. The van der Waals surface area contributed by atoms with Crippen molar-refractivity contribution in [2.75, 3.05) is 11.9 Å². The van der Waals surface area contributed by atoms with E-state index in [0.717, 1.165) is 5.69 Å². The molecule has 3 N–H and O–H groups in total. The van der Waals surface area contributed by atoms with Gasteiger partial charge in [0.1, 0.15) is 17.7 Å². The lowest BCUT2D eigenvalue weighted by Gasteiger charge is -2.13. The van der Waals surface area contributed by atoms with E-state index in [1.807, 2.05) is 37.3 Å². The average Bonchev–Trinajstić information content (AvgIpc) is 2.46. The van der Waals surface area contributed by atoms with Crippen LogP contribution in [-0.4, -0.2) is 18.6 Å². The molecule has 0 aliphatic heterocycles. The third-order valence-corrected chi connectivity index (χ3v) is 2.70. The molecule has 0 aliphatic carbocycles. The number of hydrogen-bond acceptors (Lipinski definition) is 2. The predicted octanol–water partition coefficient (Wildman–Crippen LogP) is 3.64. The number of guanidine groups is 1. The molecule has 0 amide bonds. The van der Waals surface area contributed by atoms with Crippen molar-refractivity contribution < 1.29 is 9.13 Å². The maximum absolute atomic E-state index is 13.0. The summed E-state index contributed by atoms with van der Waals surface area (Å²) in [5, 5.41) is 2.98. The number of halogens is 2. The first-order chi connectivity index (χ1) is 10.1. The molecule has 0 aliphatic rings. The molecule has 0 radical (unpaired) electrons. The highest BCUT2D eigenvalue weighted by atomic mass is 127. The predicted molar refractivity (Wildman–Crippen MR) is 98.5 cm³/mol. The van der Waals surface area contributed by atoms with E-state index in [0.29, 0.717) is 18.3 Å². The molecule has 0 saturated carbocycles. The van der Waals surface area contributed by atoms with Crippen LogP contribution in [0.1, 0.15) is 6.92 Å². The van der Waals surface area contributed by atoms with Crippen LogP contribution >= 0.6 is 24.0 Å². The molecule has 1 unspecified atom stereocenters. The molecule has 1 atom stereocenters. The first-order valence-corrected chi connectivity index (χ1v) is 6.67. The maximum Gasteiger partial charge on any atom is 0.193 e. The largest absolute Gasteiger partial charge is 0.489 e. The minimum Gasteiger partial charge on any atom is -0.489 e. The summed E-state index contributed by atoms with van der Waals surface area (Å²) in [5.41, 5.74) is 6.67. The summed E-state index contributed by atoms with van der Waals surface area (Å²) in [4.78, 5) is 4.20. The zero-order valence-electron chi connectivity index (χ0n) is 12.2. The molecular formula is C16H19FIN3O. The number of nitrogens with zero attached hydrogens (tertiary/aromatic N) is 1. The van der Waals surface area contributed by atoms with Gasteiger partial charge in [-0.2, -0.15) is 0 Å². The molecule has 0 aromatic heterocycles. The molecule has 0 fully saturated rings. The summed E-state index contributed by atoms with van der Waals surface area (Å²) in [7, 11) is 0. The van der Waals surface area contributed by atoms with Crippen LogP contribution in [-0.2, 0) is 0 Å². The van der Waals surface area contributed by atoms with E-state index >= 15 is 0 Å². The Balaban J connectivity index is 0.00000242. The Morgan fingerprint density at radius 3 is 2.64 bits per heavy atom. The molecular weight excluding hydrogens is 396 g/mol. The lowest BCUT2D eigenvalue weighted by atomic mass is 10.3. The summed E-state index contributed by atoms with van der Waals surface area (Å²) in [6, 6.07) is 15.6. The molecule has 0 saturated heterocycles. The first kappa shape index (κ1) is 18.2. The quantitative estimate of drug-likeness (QED) is 0.446. The Labute approximate surface area is 146 Å². The van der Waals surface area contributed by atoms with Gasteiger partial charge >= 0.3 is 0 Å². The minimum absolute atomic E-state index is 0. The molecule has 2 aromatic rings. The molecule has 0 heterocycles. The summed E-state index contributed by atoms with van der Waals surface area (Å²) in [6.45, 7) is 2.23. The van der Waals surface area contributed by atoms with E-state index in [1.165, 1.54) is 12.1 Å². The van der Waals surface area contributed by atoms with E-state index in [9.17, 15) is 4.39 Å². The van der Waals surface area contributed by atoms with Crippen LogP contribution in [0.3, 0.4) is 0 Å². The first-order valence-electron chi connectivity index (χ1n) is 6.67. The van der Waals surface area contributed by atoms with Gasteiger partial charge in [0.2, 0.25) is 0 Å². The molecule has 2 aromatic carbocycles. The van der Waals surface area contributed by atoms with Crippen LogP contribution in [0.5, 0.6) is 5.75 Å². The molecule has 118 valence electrons. The second-order valence-electron chi connectivity index (χ2n) is 4.60. The highest BCUT2D eigenvalue weighted by Gasteiger charge is 2.04. The smallest absolute Gasteiger partial charge is 0.193 e. The standard InChI is InChI=1S/C16H18FN3O.HI/c1-12(21-15-9-5-6-13(17)10-15)11-19-16(18)20-14-7-3-2-4-8-14;/h2-10,12H,11H2,1H3,(H3,18,19,20);1H. The van der Waals surface area contributed by atoms with E-state index in [4.69, 9.17) is 10.5 Å². The number of hydrogen-bond donors (Lipinski definition) is 2. The second-order valence-corrected chi connectivity index (χ2v) is 4.60. The van der Waals surface area contributed by atoms with Crippen molar-refractivity contribution >= 4 is 35.6 Å². The van der Waals surface area contributed by atoms with Crippen LogP contribution in [0.15, 0.2) is 59.6 Å². The van der Waals surface area contributed by atoms with Gasteiger partial charge in [-0.15, -0.1) is 24.0 Å². The fourth-order valence-corrected chi connectivity index (χ4v) is 1.75. The van der Waals surface area contributed by atoms with E-state index < -0.39 is 0 Å². The normalized spacial score (nSPS) is 12.2. The van der Waals surface area contributed by atoms with Crippen LogP contribution in [0.25, 0.3) is 0 Å². The molecule has 4 nitrogen and oxygen atoms in total. The van der Waals surface area contributed by atoms with Crippen molar-refractivity contribution in [2.24, 2.45) is 10.7 Å². The Bertz CT molecular complexity index is 607. The summed E-state index contributed by atoms with van der Waals surface area (Å²) >= 11 is 0. The molecule has 2 rings (SSSR count). The Kier molecular flexibility index (Phi) is 7.65. The van der Waals surface area contributed by atoms with E-state index in [1.54, 1.807) is 12.1 Å². The summed E-state index contributed by atoms with van der Waals surface area (Å²) in [5.74, 6) is 0.469. The van der Waals surface area contributed by atoms with Gasteiger partial charge < -0.3 is 15.8 Å². The lowest BCUT2D eigenvalue weighted by molar-refractivity contribution is 0.229. The van der Waals surface area contributed by atoms with Crippen molar-refractivity contribution in [1.29, 1.82) is 0 Å². The fraction of sp³-hybridized carbons (Fsp3) is 0.188. The summed E-state index contributed by atoms with van der Waals surface area (Å²) in [6.07, 6.45) is -0.206. The van der Waals surface area contributed by atoms with E-state index in [2.05, 4.69) is 10.3 Å². The third-order valence-electron chi connectivity index (χ3n) is 2.70. The van der Waals surface area contributed by atoms with Crippen molar-refractivity contribution in [2.45, 2.75) is 13.0 Å². The van der Waals surface area contributed by atoms with Crippen LogP contribution in [0.2, 0.25) is 0 Å². The number of para-hydroxylation sites is 1. The molecule has 0 spiro atoms. The minimum atomic E-state index is -0.326. The Morgan fingerprint density at radius 1 is 1.23 bits per heavy atom. The monoisotopic (exact) mass is 415 g/mol. The van der Waals surface area contributed by atoms with Gasteiger partial charge in [-0.1, -0.05) is 24.3 Å². The van der Waals surface area contributed by atoms with Crippen molar-refractivity contribution in [1.82, 2.24) is 0 Å². The van der Waals surface area contributed by atoms with E-state index in [-0.39, 0.29) is 35.9 Å². The molecule has 0 bridgehead atoms. The number of nitrogens with two attached hydrogens (primary N) is 1. The zero-order chi connectivity index (χ0) is 15.1. The third kappa shape index (κ3) is 6.30. The number of rotatable bonds is 5. The van der Waals surface area contributed by atoms with Crippen LogP contribution in [0, 0.1) is 5.82 Å². The van der Waals surface area contributed by atoms with Gasteiger partial charge in [-0.3, -0.25) is 0 Å². The number of nitrogens with one attached hydrogen (secondary N) is 1. The van der Waals surface area contributed by atoms with Gasteiger partial charge in [0.15, 0.2) is 5.96 Å². The van der Waals surface area contributed by atoms with Gasteiger partial charge in [-0.25, -0.2) is 9.38 Å². The van der Waals surface area contributed by atoms with Gasteiger partial charge in [0.25, 0.3) is 0 Å². The summed E-state index contributed by atoms with van der Waals surface area (Å²) < 4.78 is 18.6. The van der Waals surface area contributed by atoms with Crippen LogP contribution < -0.4 is 15.8 Å². The number of benzene rings is 2. The lowest BCUT2D eigenvalue weighted by Crippen LogP contribution is -2.25. The average molecular weight is 415 g/mol. The second kappa shape index (κ2) is 9.24. The van der Waals surface area contributed by atoms with Crippen LogP contribution in [0.4, 0.5) is 10.1 Å². The molecule has 22 heavy (non-hydrogen) atoms. The zero-order valence-corrected chi connectivity index (χ0v) is 14.5.